The Hall–Kier alpha value is -1.76. The van der Waals surface area contributed by atoms with Gasteiger partial charge in [0.15, 0.2) is 11.6 Å². The third kappa shape index (κ3) is 2.50. The van der Waals surface area contributed by atoms with E-state index >= 15 is 0 Å². The number of hydrogen-bond acceptors (Lipinski definition) is 5. The van der Waals surface area contributed by atoms with Crippen LogP contribution < -0.4 is 5.32 Å². The number of nitrogens with zero attached hydrogens (tertiary/aromatic N) is 6. The van der Waals surface area contributed by atoms with Crippen molar-refractivity contribution in [1.29, 1.82) is 0 Å². The van der Waals surface area contributed by atoms with Crippen LogP contribution >= 0.6 is 0 Å². The number of hydrogen-bond donors (Lipinski definition) is 1. The highest BCUT2D eigenvalue weighted by atomic mass is 15.6. The summed E-state index contributed by atoms with van der Waals surface area (Å²) < 4.78 is 3.39. The van der Waals surface area contributed by atoms with Crippen molar-refractivity contribution in [3.8, 4) is 5.82 Å². The van der Waals surface area contributed by atoms with Gasteiger partial charge < -0.3 is 5.32 Å². The van der Waals surface area contributed by atoms with Crippen LogP contribution in [0.2, 0.25) is 0 Å². The molecule has 17 heavy (non-hydrogen) atoms. The van der Waals surface area contributed by atoms with Gasteiger partial charge in [0.1, 0.15) is 0 Å². The topological polar surface area (TPSA) is 73.5 Å². The van der Waals surface area contributed by atoms with Crippen LogP contribution in [-0.4, -0.2) is 36.5 Å². The van der Waals surface area contributed by atoms with Crippen LogP contribution in [0, 0.1) is 0 Å². The van der Waals surface area contributed by atoms with Crippen LogP contribution in [0.4, 0.5) is 0 Å². The van der Waals surface area contributed by atoms with E-state index in [0.717, 1.165) is 24.6 Å². The van der Waals surface area contributed by atoms with Gasteiger partial charge in [-0.2, -0.15) is 9.78 Å². The van der Waals surface area contributed by atoms with Crippen molar-refractivity contribution in [2.75, 3.05) is 6.54 Å². The van der Waals surface area contributed by atoms with E-state index in [4.69, 9.17) is 0 Å². The van der Waals surface area contributed by atoms with Gasteiger partial charge >= 0.3 is 0 Å². The average Bonchev–Trinajstić information content (AvgIpc) is 2.93. The minimum Gasteiger partial charge on any atom is -0.307 e. The molecule has 0 saturated heterocycles. The largest absolute Gasteiger partial charge is 0.307 e. The maximum Gasteiger partial charge on any atom is 0.179 e. The van der Waals surface area contributed by atoms with E-state index < -0.39 is 0 Å². The lowest BCUT2D eigenvalue weighted by molar-refractivity contribution is 0.528. The monoisotopic (exact) mass is 235 g/mol. The molecule has 2 aromatic rings. The quantitative estimate of drug-likeness (QED) is 0.814. The molecule has 2 rings (SSSR count). The van der Waals surface area contributed by atoms with Crippen LogP contribution in [0.15, 0.2) is 12.3 Å². The Morgan fingerprint density at radius 2 is 2.29 bits per heavy atom. The van der Waals surface area contributed by atoms with Gasteiger partial charge in [0.2, 0.25) is 0 Å². The molecule has 0 spiro atoms. The zero-order valence-corrected chi connectivity index (χ0v) is 10.3. The van der Waals surface area contributed by atoms with Crippen molar-refractivity contribution in [2.45, 2.75) is 26.3 Å². The van der Waals surface area contributed by atoms with E-state index in [1.54, 1.807) is 9.36 Å². The predicted octanol–water partition coefficient (Wildman–Crippen LogP) is 0.456. The molecule has 0 amide bonds. The lowest BCUT2D eigenvalue weighted by Gasteiger charge is -2.11. The second-order valence-electron chi connectivity index (χ2n) is 3.97. The van der Waals surface area contributed by atoms with Crippen molar-refractivity contribution < 1.29 is 0 Å². The highest BCUT2D eigenvalue weighted by molar-refractivity contribution is 5.19. The van der Waals surface area contributed by atoms with Crippen LogP contribution in [0.3, 0.4) is 0 Å². The highest BCUT2D eigenvalue weighted by Crippen LogP contribution is 2.11. The second kappa shape index (κ2) is 5.05. The molecule has 0 aliphatic carbocycles. The molecule has 0 aromatic carbocycles. The fourth-order valence-corrected chi connectivity index (χ4v) is 1.60. The van der Waals surface area contributed by atoms with Gasteiger partial charge in [0.05, 0.1) is 6.04 Å². The molecule has 2 heterocycles. The van der Waals surface area contributed by atoms with E-state index in [1.165, 1.54) is 0 Å². The molecule has 1 unspecified atom stereocenters. The number of rotatable bonds is 5. The van der Waals surface area contributed by atoms with E-state index in [9.17, 15) is 0 Å². The molecule has 0 fully saturated rings. The number of tetrazole rings is 1. The summed E-state index contributed by atoms with van der Waals surface area (Å²) >= 11 is 0. The lowest BCUT2D eigenvalue weighted by Crippen LogP contribution is -2.23. The number of nitrogens with one attached hydrogen (secondary N) is 1. The summed E-state index contributed by atoms with van der Waals surface area (Å²) in [5.74, 6) is 1.51. The van der Waals surface area contributed by atoms with Gasteiger partial charge in [-0.1, -0.05) is 6.92 Å². The van der Waals surface area contributed by atoms with Crippen molar-refractivity contribution in [3.05, 3.63) is 18.1 Å². The molecule has 2 aromatic heterocycles. The average molecular weight is 235 g/mol. The van der Waals surface area contributed by atoms with Crippen LogP contribution in [0.25, 0.3) is 5.82 Å². The van der Waals surface area contributed by atoms with Crippen LogP contribution in [0.1, 0.15) is 32.1 Å². The minimum absolute atomic E-state index is 0.104. The van der Waals surface area contributed by atoms with Gasteiger partial charge in [0.25, 0.3) is 0 Å². The number of aromatic nitrogens is 6. The Bertz CT molecular complexity index is 472. The molecule has 0 bridgehead atoms. The first kappa shape index (κ1) is 11.7. The maximum atomic E-state index is 4.29. The van der Waals surface area contributed by atoms with Crippen LogP contribution in [-0.2, 0) is 7.05 Å². The standard InChI is InChI=1S/C10H17N7/c1-4-6-11-8(2)10-12-14-15-17(10)9-5-7-16(3)13-9/h5,7-8,11H,4,6H2,1-3H3. The first-order chi connectivity index (χ1) is 8.22. The summed E-state index contributed by atoms with van der Waals surface area (Å²) in [6, 6.07) is 1.99. The Balaban J connectivity index is 2.22. The Morgan fingerprint density at radius 1 is 1.47 bits per heavy atom. The summed E-state index contributed by atoms with van der Waals surface area (Å²) in [4.78, 5) is 0. The summed E-state index contributed by atoms with van der Waals surface area (Å²) in [5.41, 5.74) is 0. The summed E-state index contributed by atoms with van der Waals surface area (Å²) in [7, 11) is 1.87. The second-order valence-corrected chi connectivity index (χ2v) is 3.97. The molecule has 0 radical (unpaired) electrons. The normalized spacial score (nSPS) is 12.9. The van der Waals surface area contributed by atoms with Crippen molar-refractivity contribution in [2.24, 2.45) is 7.05 Å². The van der Waals surface area contributed by atoms with Gasteiger partial charge in [-0.3, -0.25) is 4.68 Å². The molecule has 0 saturated carbocycles. The zero-order chi connectivity index (χ0) is 12.3. The summed E-state index contributed by atoms with van der Waals surface area (Å²) in [5, 5.41) is 19.4. The third-order valence-corrected chi connectivity index (χ3v) is 2.50. The number of aryl methyl sites for hydroxylation is 1. The van der Waals surface area contributed by atoms with E-state index in [0.29, 0.717) is 0 Å². The predicted molar refractivity (Wildman–Crippen MR) is 62.6 cm³/mol. The van der Waals surface area contributed by atoms with E-state index in [-0.39, 0.29) is 6.04 Å². The van der Waals surface area contributed by atoms with Gasteiger partial charge in [-0.25, -0.2) is 0 Å². The first-order valence-electron chi connectivity index (χ1n) is 5.74. The smallest absolute Gasteiger partial charge is 0.179 e. The molecule has 7 heteroatoms. The van der Waals surface area contributed by atoms with Gasteiger partial charge in [0, 0.05) is 19.3 Å². The van der Waals surface area contributed by atoms with Gasteiger partial charge in [-0.05, 0) is 30.3 Å². The van der Waals surface area contributed by atoms with Crippen molar-refractivity contribution in [1.82, 2.24) is 35.3 Å². The summed E-state index contributed by atoms with van der Waals surface area (Å²) in [6.07, 6.45) is 2.94. The van der Waals surface area contributed by atoms with E-state index in [2.05, 4.69) is 32.9 Å². The Kier molecular flexibility index (Phi) is 3.48. The molecular weight excluding hydrogens is 218 g/mol. The molecule has 1 atom stereocenters. The molecule has 1 N–H and O–H groups in total. The highest BCUT2D eigenvalue weighted by Gasteiger charge is 2.16. The SMILES string of the molecule is CCCNC(C)c1nnnn1-c1ccn(C)n1. The molecular formula is C10H17N7. The summed E-state index contributed by atoms with van der Waals surface area (Å²) in [6.45, 7) is 5.11. The molecule has 0 aliphatic heterocycles. The zero-order valence-electron chi connectivity index (χ0n) is 10.3. The minimum atomic E-state index is 0.104. The fourth-order valence-electron chi connectivity index (χ4n) is 1.60. The van der Waals surface area contributed by atoms with Gasteiger partial charge in [-0.15, -0.1) is 5.10 Å². The molecule has 7 nitrogen and oxygen atoms in total. The van der Waals surface area contributed by atoms with Crippen molar-refractivity contribution in [3.63, 3.8) is 0 Å². The van der Waals surface area contributed by atoms with Crippen molar-refractivity contribution >= 4 is 0 Å². The van der Waals surface area contributed by atoms with E-state index in [1.807, 2.05) is 26.2 Å². The third-order valence-electron chi connectivity index (χ3n) is 2.50. The molecule has 0 aliphatic rings. The maximum absolute atomic E-state index is 4.29. The first-order valence-corrected chi connectivity index (χ1v) is 5.74. The molecule has 92 valence electrons. The lowest BCUT2D eigenvalue weighted by atomic mass is 10.3. The Morgan fingerprint density at radius 3 is 2.94 bits per heavy atom. The Labute approximate surface area is 99.8 Å². The fraction of sp³-hybridized carbons (Fsp3) is 0.600. The van der Waals surface area contributed by atoms with Crippen LogP contribution in [0.5, 0.6) is 0 Å².